The molecule has 0 fully saturated rings. The second kappa shape index (κ2) is 9.16. The van der Waals surface area contributed by atoms with E-state index in [1.54, 1.807) is 0 Å². The first-order valence-corrected chi connectivity index (χ1v) is 8.88. The normalized spacial score (nSPS) is 11.8. The van der Waals surface area contributed by atoms with Crippen LogP contribution in [0.5, 0.6) is 0 Å². The van der Waals surface area contributed by atoms with Gasteiger partial charge in [0.25, 0.3) is 5.91 Å². The predicted molar refractivity (Wildman–Crippen MR) is 105 cm³/mol. The minimum atomic E-state index is -0.677. The summed E-state index contributed by atoms with van der Waals surface area (Å²) in [6.07, 6.45) is 0. The van der Waals surface area contributed by atoms with E-state index >= 15 is 0 Å². The Morgan fingerprint density at radius 1 is 1.00 bits per heavy atom. The largest absolute Gasteiger partial charge is 0.378 e. The summed E-state index contributed by atoms with van der Waals surface area (Å²) in [5, 5.41) is 5.60. The van der Waals surface area contributed by atoms with Crippen LogP contribution in [0.1, 0.15) is 29.8 Å². The van der Waals surface area contributed by atoms with Crippen LogP contribution < -0.4 is 15.5 Å². The van der Waals surface area contributed by atoms with Gasteiger partial charge >= 0.3 is 0 Å². The molecule has 6 heteroatoms. The van der Waals surface area contributed by atoms with E-state index in [9.17, 15) is 14.0 Å². The van der Waals surface area contributed by atoms with Crippen LogP contribution in [-0.2, 0) is 11.3 Å². The average Bonchev–Trinajstić information content (AvgIpc) is 2.64. The van der Waals surface area contributed by atoms with Gasteiger partial charge in [-0.15, -0.1) is 0 Å². The molecule has 144 valence electrons. The van der Waals surface area contributed by atoms with Crippen LogP contribution in [-0.4, -0.2) is 32.0 Å². The third-order valence-electron chi connectivity index (χ3n) is 4.26. The van der Waals surface area contributed by atoms with Crippen LogP contribution in [0.3, 0.4) is 0 Å². The lowest BCUT2D eigenvalue weighted by Crippen LogP contribution is -2.49. The summed E-state index contributed by atoms with van der Waals surface area (Å²) in [4.78, 5) is 26.9. The van der Waals surface area contributed by atoms with Crippen molar-refractivity contribution >= 4 is 17.5 Å². The fourth-order valence-electron chi connectivity index (χ4n) is 2.57. The second-order valence-electron chi connectivity index (χ2n) is 6.98. The van der Waals surface area contributed by atoms with Crippen LogP contribution in [0.15, 0.2) is 48.5 Å². The Morgan fingerprint density at radius 2 is 1.59 bits per heavy atom. The van der Waals surface area contributed by atoms with Crippen molar-refractivity contribution in [3.8, 4) is 0 Å². The number of carbonyl (C=O) groups excluding carboxylic acids is 2. The Bertz CT molecular complexity index is 771. The quantitative estimate of drug-likeness (QED) is 0.787. The zero-order chi connectivity index (χ0) is 20.0. The monoisotopic (exact) mass is 371 g/mol. The number of nitrogens with zero attached hydrogens (tertiary/aromatic N) is 1. The molecule has 0 aliphatic carbocycles. The third-order valence-corrected chi connectivity index (χ3v) is 4.26. The Kier molecular flexibility index (Phi) is 6.93. The molecule has 0 unspecified atom stereocenters. The lowest BCUT2D eigenvalue weighted by atomic mass is 10.0. The number of nitrogens with one attached hydrogen (secondary N) is 2. The molecule has 0 aliphatic rings. The minimum absolute atomic E-state index is 0.0921. The minimum Gasteiger partial charge on any atom is -0.378 e. The maximum absolute atomic E-state index is 13.0. The molecular formula is C21H26FN3O2. The molecule has 0 heterocycles. The fourth-order valence-corrected chi connectivity index (χ4v) is 2.57. The van der Waals surface area contributed by atoms with Gasteiger partial charge in [-0.3, -0.25) is 9.59 Å². The van der Waals surface area contributed by atoms with E-state index in [-0.39, 0.29) is 11.8 Å². The topological polar surface area (TPSA) is 61.4 Å². The van der Waals surface area contributed by atoms with Crippen LogP contribution in [0.2, 0.25) is 0 Å². The van der Waals surface area contributed by atoms with Crippen LogP contribution in [0.4, 0.5) is 10.1 Å². The van der Waals surface area contributed by atoms with Crippen molar-refractivity contribution < 1.29 is 14.0 Å². The smallest absolute Gasteiger partial charge is 0.251 e. The van der Waals surface area contributed by atoms with Crippen molar-refractivity contribution in [2.45, 2.75) is 26.4 Å². The number of amides is 2. The van der Waals surface area contributed by atoms with E-state index in [2.05, 4.69) is 10.6 Å². The van der Waals surface area contributed by atoms with Crippen LogP contribution in [0, 0.1) is 11.7 Å². The summed E-state index contributed by atoms with van der Waals surface area (Å²) in [5.41, 5.74) is 2.37. The molecule has 0 aromatic heterocycles. The van der Waals surface area contributed by atoms with Crippen molar-refractivity contribution in [3.05, 3.63) is 65.5 Å². The van der Waals surface area contributed by atoms with E-state index in [0.717, 1.165) is 11.3 Å². The first kappa shape index (κ1) is 20.4. The number of hydrogen-bond donors (Lipinski definition) is 2. The molecule has 0 aliphatic heterocycles. The van der Waals surface area contributed by atoms with E-state index in [0.29, 0.717) is 12.1 Å². The highest BCUT2D eigenvalue weighted by molar-refractivity contribution is 5.97. The molecule has 0 saturated carbocycles. The number of hydrogen-bond acceptors (Lipinski definition) is 3. The molecule has 5 nitrogen and oxygen atoms in total. The maximum atomic E-state index is 13.0. The van der Waals surface area contributed by atoms with Crippen molar-refractivity contribution in [3.63, 3.8) is 0 Å². The Balaban J connectivity index is 1.97. The van der Waals surface area contributed by atoms with Crippen molar-refractivity contribution in [1.82, 2.24) is 10.6 Å². The Labute approximate surface area is 159 Å². The molecule has 2 rings (SSSR count). The van der Waals surface area contributed by atoms with Crippen LogP contribution in [0.25, 0.3) is 0 Å². The van der Waals surface area contributed by atoms with Gasteiger partial charge in [0.05, 0.1) is 0 Å². The number of halogens is 1. The Morgan fingerprint density at radius 3 is 2.11 bits per heavy atom. The summed E-state index contributed by atoms with van der Waals surface area (Å²) in [6, 6.07) is 12.4. The molecule has 0 spiro atoms. The molecule has 0 radical (unpaired) electrons. The van der Waals surface area contributed by atoms with E-state index < -0.39 is 17.8 Å². The van der Waals surface area contributed by atoms with Gasteiger partial charge in [-0.1, -0.05) is 26.0 Å². The zero-order valence-electron chi connectivity index (χ0n) is 16.1. The maximum Gasteiger partial charge on any atom is 0.251 e. The molecular weight excluding hydrogens is 345 g/mol. The number of anilines is 1. The van der Waals surface area contributed by atoms with E-state index in [1.807, 2.05) is 57.1 Å². The highest BCUT2D eigenvalue weighted by Crippen LogP contribution is 2.12. The van der Waals surface area contributed by atoms with Gasteiger partial charge in [-0.05, 0) is 47.9 Å². The van der Waals surface area contributed by atoms with Gasteiger partial charge in [0.15, 0.2) is 0 Å². The van der Waals surface area contributed by atoms with Gasteiger partial charge in [-0.2, -0.15) is 0 Å². The van der Waals surface area contributed by atoms with Gasteiger partial charge in [0.2, 0.25) is 5.91 Å². The molecule has 2 aromatic rings. The lowest BCUT2D eigenvalue weighted by Gasteiger charge is -2.22. The summed E-state index contributed by atoms with van der Waals surface area (Å²) >= 11 is 0. The molecule has 1 atom stereocenters. The molecule has 2 aromatic carbocycles. The van der Waals surface area contributed by atoms with Crippen molar-refractivity contribution in [1.29, 1.82) is 0 Å². The summed E-state index contributed by atoms with van der Waals surface area (Å²) in [7, 11) is 3.93. The SMILES string of the molecule is CC(C)[C@H](NC(=O)c1ccc(F)cc1)C(=O)NCc1ccc(N(C)C)cc1. The third kappa shape index (κ3) is 5.81. The zero-order valence-corrected chi connectivity index (χ0v) is 16.1. The number of rotatable bonds is 7. The Hall–Kier alpha value is -2.89. The van der Waals surface area contributed by atoms with Crippen molar-refractivity contribution in [2.24, 2.45) is 5.92 Å². The highest BCUT2D eigenvalue weighted by atomic mass is 19.1. The molecule has 27 heavy (non-hydrogen) atoms. The standard InChI is InChI=1S/C21H26FN3O2/c1-14(2)19(24-20(26)16-7-9-17(22)10-8-16)21(27)23-13-15-5-11-18(12-6-15)25(3)4/h5-12,14,19H,13H2,1-4H3,(H,23,27)(H,24,26)/t19-/m0/s1. The van der Waals surface area contributed by atoms with Gasteiger partial charge < -0.3 is 15.5 Å². The van der Waals surface area contributed by atoms with E-state index in [4.69, 9.17) is 0 Å². The van der Waals surface area contributed by atoms with Crippen LogP contribution >= 0.6 is 0 Å². The average molecular weight is 371 g/mol. The second-order valence-corrected chi connectivity index (χ2v) is 6.98. The van der Waals surface area contributed by atoms with Crippen molar-refractivity contribution in [2.75, 3.05) is 19.0 Å². The number of benzene rings is 2. The lowest BCUT2D eigenvalue weighted by molar-refractivity contribution is -0.124. The molecule has 2 amide bonds. The summed E-state index contributed by atoms with van der Waals surface area (Å²) in [5.74, 6) is -1.16. The fraction of sp³-hybridized carbons (Fsp3) is 0.333. The summed E-state index contributed by atoms with van der Waals surface area (Å²) < 4.78 is 13.0. The number of carbonyl (C=O) groups is 2. The first-order valence-electron chi connectivity index (χ1n) is 8.88. The van der Waals surface area contributed by atoms with Gasteiger partial charge in [0, 0.05) is 31.9 Å². The first-order chi connectivity index (χ1) is 12.8. The predicted octanol–water partition coefficient (Wildman–Crippen LogP) is 2.96. The van der Waals surface area contributed by atoms with Gasteiger partial charge in [0.1, 0.15) is 11.9 Å². The molecule has 0 bridgehead atoms. The van der Waals surface area contributed by atoms with Gasteiger partial charge in [-0.25, -0.2) is 4.39 Å². The molecule has 2 N–H and O–H groups in total. The molecule has 0 saturated heterocycles. The summed E-state index contributed by atoms with van der Waals surface area (Å²) in [6.45, 7) is 4.10. The van der Waals surface area contributed by atoms with E-state index in [1.165, 1.54) is 24.3 Å². The highest BCUT2D eigenvalue weighted by Gasteiger charge is 2.24.